The molecule has 1 N–H and O–H groups in total. The zero-order valence-electron chi connectivity index (χ0n) is 9.01. The molecule has 0 radical (unpaired) electrons. The maximum absolute atomic E-state index is 10.3. The van der Waals surface area contributed by atoms with Gasteiger partial charge in [0.15, 0.2) is 0 Å². The van der Waals surface area contributed by atoms with Crippen LogP contribution in [0.2, 0.25) is 0 Å². The van der Waals surface area contributed by atoms with E-state index in [1.165, 1.54) is 11.1 Å². The summed E-state index contributed by atoms with van der Waals surface area (Å²) in [7, 11) is 0. The van der Waals surface area contributed by atoms with Crippen molar-refractivity contribution in [1.82, 2.24) is 0 Å². The fraction of sp³-hybridized carbons (Fsp3) is 0.200. The second-order valence-electron chi connectivity index (χ2n) is 4.36. The number of aliphatic hydroxyl groups excluding tert-OH is 1. The lowest BCUT2D eigenvalue weighted by molar-refractivity contribution is 0.134. The molecule has 0 heterocycles. The first-order valence-corrected chi connectivity index (χ1v) is 5.67. The second-order valence-corrected chi connectivity index (χ2v) is 4.36. The first-order valence-electron chi connectivity index (χ1n) is 5.67. The van der Waals surface area contributed by atoms with E-state index >= 15 is 0 Å². The zero-order valence-corrected chi connectivity index (χ0v) is 9.01. The Morgan fingerprint density at radius 2 is 1.62 bits per heavy atom. The Morgan fingerprint density at radius 3 is 2.38 bits per heavy atom. The fourth-order valence-electron chi connectivity index (χ4n) is 2.46. The molecule has 2 unspecified atom stereocenters. The van der Waals surface area contributed by atoms with Crippen LogP contribution >= 0.6 is 0 Å². The Morgan fingerprint density at radius 1 is 0.938 bits per heavy atom. The monoisotopic (exact) mass is 210 g/mol. The highest BCUT2D eigenvalue weighted by Gasteiger charge is 2.32. The van der Waals surface area contributed by atoms with Crippen molar-refractivity contribution in [2.75, 3.05) is 0 Å². The van der Waals surface area contributed by atoms with Crippen LogP contribution in [0.3, 0.4) is 0 Å². The molecular formula is C15H14O. The minimum absolute atomic E-state index is 0.276. The van der Waals surface area contributed by atoms with Crippen molar-refractivity contribution < 1.29 is 5.11 Å². The van der Waals surface area contributed by atoms with Crippen LogP contribution in [-0.2, 0) is 6.42 Å². The Labute approximate surface area is 95.4 Å². The minimum atomic E-state index is -0.365. The summed E-state index contributed by atoms with van der Waals surface area (Å²) in [5, 5.41) is 10.3. The molecule has 0 aliphatic heterocycles. The van der Waals surface area contributed by atoms with Crippen molar-refractivity contribution in [2.45, 2.75) is 18.4 Å². The molecule has 1 aliphatic rings. The topological polar surface area (TPSA) is 20.2 Å². The van der Waals surface area contributed by atoms with Crippen molar-refractivity contribution >= 4 is 0 Å². The van der Waals surface area contributed by atoms with Gasteiger partial charge in [0.25, 0.3) is 0 Å². The predicted molar refractivity (Wildman–Crippen MR) is 64.3 cm³/mol. The van der Waals surface area contributed by atoms with E-state index in [0.29, 0.717) is 0 Å². The van der Waals surface area contributed by atoms with Crippen LogP contribution in [0.5, 0.6) is 0 Å². The number of benzene rings is 2. The van der Waals surface area contributed by atoms with Crippen molar-refractivity contribution in [2.24, 2.45) is 0 Å². The molecule has 0 bridgehead atoms. The molecule has 2 aromatic carbocycles. The number of hydrogen-bond acceptors (Lipinski definition) is 1. The zero-order chi connectivity index (χ0) is 11.0. The molecular weight excluding hydrogens is 196 g/mol. The van der Waals surface area contributed by atoms with E-state index in [4.69, 9.17) is 0 Å². The average Bonchev–Trinajstić information content (AvgIpc) is 2.32. The average molecular weight is 210 g/mol. The molecule has 1 heteroatoms. The molecule has 3 rings (SSSR count). The van der Waals surface area contributed by atoms with Gasteiger partial charge in [-0.3, -0.25) is 0 Å². The number of hydrogen-bond donors (Lipinski definition) is 1. The predicted octanol–water partition coefficient (Wildman–Crippen LogP) is 3.06. The highest BCUT2D eigenvalue weighted by molar-refractivity contribution is 5.42. The summed E-state index contributed by atoms with van der Waals surface area (Å²) in [6.07, 6.45) is 0.628. The Balaban J connectivity index is 1.87. The SMILES string of the molecule is OC(c1ccccc1)C1Cc2ccccc21. The lowest BCUT2D eigenvalue weighted by Crippen LogP contribution is -2.23. The molecule has 0 fully saturated rings. The van der Waals surface area contributed by atoms with E-state index < -0.39 is 0 Å². The third kappa shape index (κ3) is 1.44. The van der Waals surface area contributed by atoms with Gasteiger partial charge in [-0.15, -0.1) is 0 Å². The van der Waals surface area contributed by atoms with Gasteiger partial charge in [0.1, 0.15) is 0 Å². The summed E-state index contributed by atoms with van der Waals surface area (Å²) in [5.74, 6) is 0.276. The van der Waals surface area contributed by atoms with Crippen LogP contribution < -0.4 is 0 Å². The number of aliphatic hydroxyl groups is 1. The summed E-state index contributed by atoms with van der Waals surface area (Å²) < 4.78 is 0. The van der Waals surface area contributed by atoms with E-state index in [0.717, 1.165) is 12.0 Å². The second kappa shape index (κ2) is 3.76. The standard InChI is InChI=1S/C15H14O/c16-15(11-6-2-1-3-7-11)14-10-12-8-4-5-9-13(12)14/h1-9,14-16H,10H2. The highest BCUT2D eigenvalue weighted by Crippen LogP contribution is 2.43. The smallest absolute Gasteiger partial charge is 0.0861 e. The van der Waals surface area contributed by atoms with E-state index in [9.17, 15) is 5.11 Å². The van der Waals surface area contributed by atoms with Gasteiger partial charge in [0, 0.05) is 5.92 Å². The summed E-state index contributed by atoms with van der Waals surface area (Å²) in [6.45, 7) is 0. The van der Waals surface area contributed by atoms with Crippen molar-refractivity contribution in [3.63, 3.8) is 0 Å². The molecule has 2 atom stereocenters. The van der Waals surface area contributed by atoms with Crippen molar-refractivity contribution in [3.05, 3.63) is 71.3 Å². The van der Waals surface area contributed by atoms with Crippen molar-refractivity contribution in [3.8, 4) is 0 Å². The molecule has 0 amide bonds. The van der Waals surface area contributed by atoms with Gasteiger partial charge < -0.3 is 5.11 Å². The van der Waals surface area contributed by atoms with E-state index in [-0.39, 0.29) is 12.0 Å². The molecule has 16 heavy (non-hydrogen) atoms. The summed E-state index contributed by atoms with van der Waals surface area (Å²) in [5.41, 5.74) is 3.70. The fourth-order valence-corrected chi connectivity index (χ4v) is 2.46. The van der Waals surface area contributed by atoms with Gasteiger partial charge in [-0.25, -0.2) is 0 Å². The molecule has 0 spiro atoms. The molecule has 0 saturated heterocycles. The van der Waals surface area contributed by atoms with Gasteiger partial charge in [-0.1, -0.05) is 54.6 Å². The molecule has 2 aromatic rings. The largest absolute Gasteiger partial charge is 0.388 e. The quantitative estimate of drug-likeness (QED) is 0.807. The Bertz CT molecular complexity index is 490. The normalized spacial score (nSPS) is 19.7. The maximum Gasteiger partial charge on any atom is 0.0861 e. The van der Waals surface area contributed by atoms with Crippen LogP contribution in [0.25, 0.3) is 0 Å². The number of rotatable bonds is 2. The Hall–Kier alpha value is -1.60. The first kappa shape index (κ1) is 9.61. The third-order valence-electron chi connectivity index (χ3n) is 3.42. The van der Waals surface area contributed by atoms with Crippen LogP contribution in [0.1, 0.15) is 28.7 Å². The van der Waals surface area contributed by atoms with Crippen LogP contribution in [-0.4, -0.2) is 5.11 Å². The maximum atomic E-state index is 10.3. The lowest BCUT2D eigenvalue weighted by Gasteiger charge is -2.34. The van der Waals surface area contributed by atoms with Gasteiger partial charge in [-0.05, 0) is 23.1 Å². The summed E-state index contributed by atoms with van der Waals surface area (Å²) in [4.78, 5) is 0. The van der Waals surface area contributed by atoms with E-state index in [1.54, 1.807) is 0 Å². The van der Waals surface area contributed by atoms with E-state index in [1.807, 2.05) is 36.4 Å². The van der Waals surface area contributed by atoms with Gasteiger partial charge >= 0.3 is 0 Å². The first-order chi connectivity index (χ1) is 7.86. The molecule has 0 aromatic heterocycles. The molecule has 80 valence electrons. The van der Waals surface area contributed by atoms with Gasteiger partial charge in [0.2, 0.25) is 0 Å². The van der Waals surface area contributed by atoms with Crippen LogP contribution in [0.15, 0.2) is 54.6 Å². The van der Waals surface area contributed by atoms with Crippen LogP contribution in [0, 0.1) is 0 Å². The summed E-state index contributed by atoms with van der Waals surface area (Å²) >= 11 is 0. The van der Waals surface area contributed by atoms with Gasteiger partial charge in [0.05, 0.1) is 6.10 Å². The third-order valence-corrected chi connectivity index (χ3v) is 3.42. The molecule has 1 aliphatic carbocycles. The number of fused-ring (bicyclic) bond motifs is 1. The van der Waals surface area contributed by atoms with Crippen molar-refractivity contribution in [1.29, 1.82) is 0 Å². The van der Waals surface area contributed by atoms with Crippen LogP contribution in [0.4, 0.5) is 0 Å². The minimum Gasteiger partial charge on any atom is -0.388 e. The highest BCUT2D eigenvalue weighted by atomic mass is 16.3. The van der Waals surface area contributed by atoms with Gasteiger partial charge in [-0.2, -0.15) is 0 Å². The summed E-state index contributed by atoms with van der Waals surface area (Å²) in [6, 6.07) is 18.3. The molecule has 1 nitrogen and oxygen atoms in total. The van der Waals surface area contributed by atoms with E-state index in [2.05, 4.69) is 18.2 Å². The molecule has 0 saturated carbocycles. The lowest BCUT2D eigenvalue weighted by atomic mass is 9.73. The Kier molecular flexibility index (Phi) is 2.26.